The molecule has 2 aromatic rings. The van der Waals surface area contributed by atoms with Gasteiger partial charge in [0, 0.05) is 38.2 Å². The highest BCUT2D eigenvalue weighted by atomic mass is 32.1. The Kier molecular flexibility index (Phi) is 9.74. The Hall–Kier alpha value is -2.19. The first-order chi connectivity index (χ1) is 15.6. The number of unbranched alkanes of at least 4 members (excludes halogenated alkanes) is 6. The molecule has 176 valence electrons. The summed E-state index contributed by atoms with van der Waals surface area (Å²) in [6, 6.07) is 7.55. The lowest BCUT2D eigenvalue weighted by Gasteiger charge is -2.34. The van der Waals surface area contributed by atoms with Crippen molar-refractivity contribution in [1.29, 1.82) is 0 Å². The van der Waals surface area contributed by atoms with Crippen molar-refractivity contribution >= 4 is 18.1 Å². The monoisotopic (exact) mass is 460 g/mol. The summed E-state index contributed by atoms with van der Waals surface area (Å²) in [5, 5.41) is 4.54. The molecule has 1 aromatic heterocycles. The predicted molar refractivity (Wildman–Crippen MR) is 128 cm³/mol. The molecule has 0 radical (unpaired) electrons. The molecule has 0 spiro atoms. The number of carbonyl (C=O) groups is 1. The Morgan fingerprint density at radius 1 is 1.03 bits per heavy atom. The third-order valence-electron chi connectivity index (χ3n) is 6.00. The van der Waals surface area contributed by atoms with Gasteiger partial charge in [-0.2, -0.15) is 0 Å². The molecule has 3 rings (SSSR count). The van der Waals surface area contributed by atoms with Crippen LogP contribution in [0.5, 0.6) is 5.75 Å². The first-order valence-corrected chi connectivity index (χ1v) is 12.2. The second-order valence-electron chi connectivity index (χ2n) is 8.41. The van der Waals surface area contributed by atoms with Crippen LogP contribution < -0.4 is 4.74 Å². The Balaban J connectivity index is 1.40. The number of amides is 1. The van der Waals surface area contributed by atoms with Gasteiger partial charge in [-0.1, -0.05) is 45.4 Å². The largest absolute Gasteiger partial charge is 0.497 e. The molecule has 0 atom stereocenters. The lowest BCUT2D eigenvalue weighted by atomic mass is 10.1. The highest BCUT2D eigenvalue weighted by Gasteiger charge is 2.21. The van der Waals surface area contributed by atoms with E-state index in [9.17, 15) is 4.79 Å². The molecule has 1 aliphatic heterocycles. The second-order valence-corrected chi connectivity index (χ2v) is 8.76. The number of aromatic nitrogens is 2. The van der Waals surface area contributed by atoms with E-state index in [4.69, 9.17) is 21.4 Å². The van der Waals surface area contributed by atoms with E-state index in [1.165, 1.54) is 32.1 Å². The first-order valence-electron chi connectivity index (χ1n) is 11.8. The second kappa shape index (κ2) is 12.7. The van der Waals surface area contributed by atoms with Crippen LogP contribution in [0.25, 0.3) is 11.5 Å². The van der Waals surface area contributed by atoms with E-state index >= 15 is 0 Å². The number of ether oxygens (including phenoxy) is 1. The number of hydrogen-bond donors (Lipinski definition) is 0. The smallest absolute Gasteiger partial charge is 0.288 e. The fraction of sp³-hybridized carbons (Fsp3) is 0.625. The number of piperazine rings is 1. The maximum atomic E-state index is 12.5. The number of rotatable bonds is 12. The van der Waals surface area contributed by atoms with Crippen LogP contribution in [0.2, 0.25) is 0 Å². The van der Waals surface area contributed by atoms with Crippen molar-refractivity contribution in [3.63, 3.8) is 0 Å². The van der Waals surface area contributed by atoms with Gasteiger partial charge in [-0.3, -0.25) is 9.69 Å². The van der Waals surface area contributed by atoms with Gasteiger partial charge in [0.25, 0.3) is 4.84 Å². The predicted octanol–water partition coefficient (Wildman–Crippen LogP) is 5.12. The zero-order valence-electron chi connectivity index (χ0n) is 19.4. The van der Waals surface area contributed by atoms with Gasteiger partial charge in [0.1, 0.15) is 5.75 Å². The van der Waals surface area contributed by atoms with Crippen molar-refractivity contribution in [3.8, 4) is 17.2 Å². The fourth-order valence-electron chi connectivity index (χ4n) is 3.97. The van der Waals surface area contributed by atoms with Gasteiger partial charge < -0.3 is 14.1 Å². The van der Waals surface area contributed by atoms with Crippen molar-refractivity contribution < 1.29 is 13.9 Å². The third-order valence-corrected chi connectivity index (χ3v) is 6.29. The SMILES string of the molecule is CCCCCCCCCC(=O)N1CCN(Cn2nc(-c3ccc(OC)cc3)oc2=S)CC1. The van der Waals surface area contributed by atoms with E-state index in [0.29, 0.717) is 23.8 Å². The van der Waals surface area contributed by atoms with Gasteiger partial charge in [0.2, 0.25) is 11.8 Å². The molecule has 0 N–H and O–H groups in total. The van der Waals surface area contributed by atoms with Gasteiger partial charge in [-0.25, -0.2) is 4.68 Å². The number of carbonyl (C=O) groups excluding carboxylic acids is 1. The quantitative estimate of drug-likeness (QED) is 0.323. The molecule has 1 amide bonds. The minimum absolute atomic E-state index is 0.290. The van der Waals surface area contributed by atoms with Crippen molar-refractivity contribution in [2.45, 2.75) is 65.0 Å². The van der Waals surface area contributed by atoms with Gasteiger partial charge in [0.05, 0.1) is 13.8 Å². The first kappa shape index (κ1) is 24.5. The molecule has 1 fully saturated rings. The summed E-state index contributed by atoms with van der Waals surface area (Å²) in [5.41, 5.74) is 0.858. The zero-order chi connectivity index (χ0) is 22.8. The van der Waals surface area contributed by atoms with Crippen molar-refractivity contribution in [2.24, 2.45) is 0 Å². The van der Waals surface area contributed by atoms with E-state index in [-0.39, 0.29) is 5.91 Å². The van der Waals surface area contributed by atoms with Crippen LogP contribution in [0.4, 0.5) is 0 Å². The minimum Gasteiger partial charge on any atom is -0.497 e. The molecule has 1 saturated heterocycles. The standard InChI is InChI=1S/C24H36N4O3S/c1-3-4-5-6-7-8-9-10-22(29)27-17-15-26(16-18-27)19-28-24(32)31-23(25-28)20-11-13-21(30-2)14-12-20/h11-14H,3-10,15-19H2,1-2H3. The highest BCUT2D eigenvalue weighted by Crippen LogP contribution is 2.21. The highest BCUT2D eigenvalue weighted by molar-refractivity contribution is 7.71. The van der Waals surface area contributed by atoms with Gasteiger partial charge in [0.15, 0.2) is 0 Å². The van der Waals surface area contributed by atoms with E-state index in [1.807, 2.05) is 29.2 Å². The molecule has 7 nitrogen and oxygen atoms in total. The summed E-state index contributed by atoms with van der Waals surface area (Å²) in [6.07, 6.45) is 9.31. The molecule has 0 unspecified atom stereocenters. The Morgan fingerprint density at radius 2 is 1.69 bits per heavy atom. The average Bonchev–Trinajstić information content (AvgIpc) is 3.19. The molecule has 0 bridgehead atoms. The van der Waals surface area contributed by atoms with E-state index < -0.39 is 0 Å². The Bertz CT molecular complexity index is 885. The molecular weight excluding hydrogens is 424 g/mol. The molecule has 2 heterocycles. The normalized spacial score (nSPS) is 14.6. The Labute approximate surface area is 196 Å². The topological polar surface area (TPSA) is 63.7 Å². The molecule has 0 saturated carbocycles. The third kappa shape index (κ3) is 7.17. The maximum absolute atomic E-state index is 12.5. The number of methoxy groups -OCH3 is 1. The molecule has 32 heavy (non-hydrogen) atoms. The van der Waals surface area contributed by atoms with Crippen LogP contribution in [0.1, 0.15) is 58.3 Å². The lowest BCUT2D eigenvalue weighted by Crippen LogP contribution is -2.49. The van der Waals surface area contributed by atoms with Crippen LogP contribution in [0.3, 0.4) is 0 Å². The molecule has 8 heteroatoms. The van der Waals surface area contributed by atoms with Crippen LogP contribution in [-0.2, 0) is 11.5 Å². The summed E-state index contributed by atoms with van der Waals surface area (Å²) >= 11 is 5.37. The van der Waals surface area contributed by atoms with Crippen molar-refractivity contribution in [3.05, 3.63) is 29.1 Å². The summed E-state index contributed by atoms with van der Waals surface area (Å²) in [7, 11) is 1.64. The van der Waals surface area contributed by atoms with E-state index in [2.05, 4.69) is 16.9 Å². The van der Waals surface area contributed by atoms with Crippen molar-refractivity contribution in [2.75, 3.05) is 33.3 Å². The van der Waals surface area contributed by atoms with E-state index in [0.717, 1.165) is 50.3 Å². The molecule has 1 aliphatic rings. The summed E-state index contributed by atoms with van der Waals surface area (Å²) < 4.78 is 12.6. The minimum atomic E-state index is 0.290. The van der Waals surface area contributed by atoms with Crippen LogP contribution in [0, 0.1) is 4.84 Å². The summed E-state index contributed by atoms with van der Waals surface area (Å²) in [4.78, 5) is 17.1. The van der Waals surface area contributed by atoms with Gasteiger partial charge in [-0.05, 0) is 42.9 Å². The van der Waals surface area contributed by atoms with Gasteiger partial charge in [-0.15, -0.1) is 5.10 Å². The lowest BCUT2D eigenvalue weighted by molar-refractivity contribution is -0.133. The molecule has 1 aromatic carbocycles. The zero-order valence-corrected chi connectivity index (χ0v) is 20.2. The van der Waals surface area contributed by atoms with Crippen LogP contribution in [0.15, 0.2) is 28.7 Å². The van der Waals surface area contributed by atoms with E-state index in [1.54, 1.807) is 11.8 Å². The molecular formula is C24H36N4O3S. The number of benzene rings is 1. The van der Waals surface area contributed by atoms with Crippen molar-refractivity contribution in [1.82, 2.24) is 19.6 Å². The number of nitrogens with zero attached hydrogens (tertiary/aromatic N) is 4. The van der Waals surface area contributed by atoms with Crippen LogP contribution >= 0.6 is 12.2 Å². The van der Waals surface area contributed by atoms with Crippen LogP contribution in [-0.4, -0.2) is 58.8 Å². The fourth-order valence-corrected chi connectivity index (χ4v) is 4.14. The number of hydrogen-bond acceptors (Lipinski definition) is 6. The summed E-state index contributed by atoms with van der Waals surface area (Å²) in [5.74, 6) is 1.57. The maximum Gasteiger partial charge on any atom is 0.288 e. The Morgan fingerprint density at radius 3 is 2.34 bits per heavy atom. The molecule has 0 aliphatic carbocycles. The van der Waals surface area contributed by atoms with Gasteiger partial charge >= 0.3 is 0 Å². The average molecular weight is 461 g/mol. The summed E-state index contributed by atoms with van der Waals surface area (Å²) in [6.45, 7) is 5.94.